The van der Waals surface area contributed by atoms with Crippen molar-refractivity contribution < 1.29 is 30.3 Å². The third-order valence-corrected chi connectivity index (χ3v) is 7.90. The summed E-state index contributed by atoms with van der Waals surface area (Å²) in [6.07, 6.45) is 1.87. The average Bonchev–Trinajstić information content (AvgIpc) is 3.47. The maximum atomic E-state index is 8.56. The van der Waals surface area contributed by atoms with Crippen LogP contribution in [-0.2, 0) is 25.5 Å². The molecular formula is C35H37IrN2O2-. The molecule has 40 heavy (non-hydrogen) atoms. The van der Waals surface area contributed by atoms with Gasteiger partial charge in [0.05, 0.1) is 29.1 Å². The van der Waals surface area contributed by atoms with Crippen molar-refractivity contribution >= 4 is 11.0 Å². The molecule has 1 aliphatic carbocycles. The Kier molecular flexibility index (Phi) is 9.43. The van der Waals surface area contributed by atoms with Gasteiger partial charge in [-0.05, 0) is 62.9 Å². The number of aliphatic hydroxyl groups excluding tert-OH is 2. The molecule has 4 nitrogen and oxygen atoms in total. The standard InChI is InChI=1S/C30H25N2.C5H12O2.Ir/c1-3-30(4-2)25-15-9-8-14-23(25)24-19-18-21(20-26(24)30)29-31-27-16-10-11-17-28(27)32(29)22-12-6-5-7-13-22;1-4(6)3-5(2)7;/h5-17,19-20H,3-4H2,1-2H3;4-7H,3H2,1-2H3;/q-1;;. The number of rotatable bonds is 6. The van der Waals surface area contributed by atoms with E-state index in [4.69, 9.17) is 15.2 Å². The van der Waals surface area contributed by atoms with E-state index in [2.05, 4.69) is 115 Å². The van der Waals surface area contributed by atoms with Gasteiger partial charge >= 0.3 is 0 Å². The molecule has 5 heteroatoms. The molecular weight excluding hydrogens is 673 g/mol. The number of hydrogen-bond donors (Lipinski definition) is 2. The Morgan fingerprint density at radius 1 is 0.800 bits per heavy atom. The van der Waals surface area contributed by atoms with Crippen molar-refractivity contribution in [2.75, 3.05) is 0 Å². The van der Waals surface area contributed by atoms with Gasteiger partial charge in [0.25, 0.3) is 0 Å². The van der Waals surface area contributed by atoms with Crippen LogP contribution in [0, 0.1) is 6.07 Å². The molecule has 209 valence electrons. The quantitative estimate of drug-likeness (QED) is 0.178. The first-order valence-corrected chi connectivity index (χ1v) is 13.9. The van der Waals surface area contributed by atoms with Crippen LogP contribution < -0.4 is 0 Å². The summed E-state index contributed by atoms with van der Waals surface area (Å²) in [5, 5.41) is 17.1. The number of aliphatic hydroxyl groups is 2. The first-order valence-electron chi connectivity index (χ1n) is 13.9. The van der Waals surface area contributed by atoms with Gasteiger partial charge < -0.3 is 14.8 Å². The van der Waals surface area contributed by atoms with Gasteiger partial charge in [-0.3, -0.25) is 4.98 Å². The third kappa shape index (κ3) is 5.44. The number of imidazole rings is 1. The fourth-order valence-electron chi connectivity index (χ4n) is 6.07. The third-order valence-electron chi connectivity index (χ3n) is 7.90. The smallest absolute Gasteiger partial charge is 0.0774 e. The van der Waals surface area contributed by atoms with Crippen LogP contribution in [0.2, 0.25) is 0 Å². The van der Waals surface area contributed by atoms with Crippen LogP contribution in [0.3, 0.4) is 0 Å². The monoisotopic (exact) mass is 710 g/mol. The second-order valence-electron chi connectivity index (χ2n) is 10.5. The SMILES string of the molecule is CC(O)CC(C)O.CCC1(CC)c2ccccc2-c2c[c-]c(-c3nc4ccccc4n3-c3ccccc3)cc21.[Ir]. The molecule has 1 radical (unpaired) electrons. The van der Waals surface area contributed by atoms with Crippen LogP contribution in [0.1, 0.15) is 58.1 Å². The van der Waals surface area contributed by atoms with Crippen molar-refractivity contribution in [1.29, 1.82) is 0 Å². The van der Waals surface area contributed by atoms with Crippen LogP contribution in [0.4, 0.5) is 0 Å². The number of para-hydroxylation sites is 3. The van der Waals surface area contributed by atoms with Crippen molar-refractivity contribution in [3.8, 4) is 28.2 Å². The Morgan fingerprint density at radius 2 is 1.43 bits per heavy atom. The van der Waals surface area contributed by atoms with Crippen LogP contribution in [0.15, 0.2) is 91.0 Å². The summed E-state index contributed by atoms with van der Waals surface area (Å²) in [7, 11) is 0. The molecule has 0 spiro atoms. The molecule has 2 unspecified atom stereocenters. The summed E-state index contributed by atoms with van der Waals surface area (Å²) in [6.45, 7) is 7.94. The molecule has 6 rings (SSSR count). The summed E-state index contributed by atoms with van der Waals surface area (Å²) in [6, 6.07) is 35.9. The van der Waals surface area contributed by atoms with Crippen molar-refractivity contribution in [2.45, 2.75) is 64.6 Å². The van der Waals surface area contributed by atoms with E-state index in [1.807, 2.05) is 0 Å². The first-order chi connectivity index (χ1) is 18.9. The minimum Gasteiger partial charge on any atom is -0.393 e. The normalized spacial score (nSPS) is 14.3. The number of fused-ring (bicyclic) bond motifs is 4. The molecule has 1 aliphatic rings. The largest absolute Gasteiger partial charge is 0.393 e. The van der Waals surface area contributed by atoms with Gasteiger partial charge in [-0.25, -0.2) is 0 Å². The van der Waals surface area contributed by atoms with Crippen LogP contribution in [-0.4, -0.2) is 32.0 Å². The molecule has 2 atom stereocenters. The minimum atomic E-state index is -0.375. The Labute approximate surface area is 251 Å². The van der Waals surface area contributed by atoms with Crippen molar-refractivity contribution in [1.82, 2.24) is 9.55 Å². The molecule has 0 fully saturated rings. The number of benzene rings is 4. The van der Waals surface area contributed by atoms with Crippen LogP contribution in [0.5, 0.6) is 0 Å². The molecule has 0 bridgehead atoms. The van der Waals surface area contributed by atoms with Gasteiger partial charge in [0.1, 0.15) is 0 Å². The Bertz CT molecular complexity index is 1560. The van der Waals surface area contributed by atoms with Crippen LogP contribution >= 0.6 is 0 Å². The predicted octanol–water partition coefficient (Wildman–Crippen LogP) is 7.71. The molecule has 0 amide bonds. The zero-order chi connectivity index (χ0) is 27.6. The zero-order valence-corrected chi connectivity index (χ0v) is 26.0. The molecule has 1 aromatic heterocycles. The van der Waals surface area contributed by atoms with E-state index in [0.717, 1.165) is 41.0 Å². The summed E-state index contributed by atoms with van der Waals surface area (Å²) < 4.78 is 2.26. The second kappa shape index (κ2) is 12.6. The fourth-order valence-corrected chi connectivity index (χ4v) is 6.07. The van der Waals surface area contributed by atoms with E-state index in [9.17, 15) is 0 Å². The Morgan fingerprint density at radius 3 is 2.08 bits per heavy atom. The number of nitrogens with zero attached hydrogens (tertiary/aromatic N) is 2. The van der Waals surface area contributed by atoms with Gasteiger partial charge in [0.15, 0.2) is 0 Å². The van der Waals surface area contributed by atoms with Gasteiger partial charge in [-0.2, -0.15) is 0 Å². The van der Waals surface area contributed by atoms with E-state index in [1.165, 1.54) is 22.3 Å². The van der Waals surface area contributed by atoms with Gasteiger partial charge in [0.2, 0.25) is 0 Å². The first kappa shape index (κ1) is 29.9. The van der Waals surface area contributed by atoms with Gasteiger partial charge in [-0.1, -0.05) is 79.6 Å². The van der Waals surface area contributed by atoms with Crippen molar-refractivity contribution in [3.63, 3.8) is 0 Å². The Balaban J connectivity index is 0.000000413. The molecule has 0 saturated heterocycles. The van der Waals surface area contributed by atoms with Crippen LogP contribution in [0.25, 0.3) is 39.2 Å². The maximum absolute atomic E-state index is 8.56. The van der Waals surface area contributed by atoms with E-state index in [-0.39, 0.29) is 37.7 Å². The molecule has 2 N–H and O–H groups in total. The van der Waals surface area contributed by atoms with Gasteiger partial charge in [0, 0.05) is 31.2 Å². The number of hydrogen-bond acceptors (Lipinski definition) is 3. The zero-order valence-electron chi connectivity index (χ0n) is 23.6. The summed E-state index contributed by atoms with van der Waals surface area (Å²) in [4.78, 5) is 5.07. The molecule has 0 saturated carbocycles. The van der Waals surface area contributed by atoms with E-state index >= 15 is 0 Å². The average molecular weight is 710 g/mol. The summed E-state index contributed by atoms with van der Waals surface area (Å²) >= 11 is 0. The van der Waals surface area contributed by atoms with E-state index < -0.39 is 0 Å². The predicted molar refractivity (Wildman–Crippen MR) is 160 cm³/mol. The van der Waals surface area contributed by atoms with E-state index in [1.54, 1.807) is 13.8 Å². The summed E-state index contributed by atoms with van der Waals surface area (Å²) in [5.41, 5.74) is 9.84. The van der Waals surface area contributed by atoms with Gasteiger partial charge in [-0.15, -0.1) is 29.3 Å². The topological polar surface area (TPSA) is 58.3 Å². The summed E-state index contributed by atoms with van der Waals surface area (Å²) in [5.74, 6) is 0.942. The second-order valence-corrected chi connectivity index (χ2v) is 10.5. The molecule has 0 aliphatic heterocycles. The van der Waals surface area contributed by atoms with E-state index in [0.29, 0.717) is 6.42 Å². The molecule has 5 aromatic rings. The molecule has 4 aromatic carbocycles. The fraction of sp³-hybridized carbons (Fsp3) is 0.286. The van der Waals surface area contributed by atoms with Crippen molar-refractivity contribution in [3.05, 3.63) is 108 Å². The van der Waals surface area contributed by atoms with Crippen molar-refractivity contribution in [2.24, 2.45) is 0 Å². The molecule has 1 heterocycles. The maximum Gasteiger partial charge on any atom is 0.0774 e. The minimum absolute atomic E-state index is 0. The number of aromatic nitrogens is 2. The Hall–Kier alpha value is -3.08.